The number of aryl methyl sites for hydroxylation is 1. The fourth-order valence-corrected chi connectivity index (χ4v) is 2.72. The highest BCUT2D eigenvalue weighted by atomic mass is 32.2. The third-order valence-electron chi connectivity index (χ3n) is 2.93. The minimum Gasteiger partial charge on any atom is -0.322 e. The summed E-state index contributed by atoms with van der Waals surface area (Å²) in [6, 6.07) is 9.61. The molecule has 1 N–H and O–H groups in total. The highest BCUT2D eigenvalue weighted by molar-refractivity contribution is 7.90. The van der Waals surface area contributed by atoms with Crippen molar-refractivity contribution in [2.24, 2.45) is 4.04 Å². The van der Waals surface area contributed by atoms with Gasteiger partial charge < -0.3 is 5.32 Å². The van der Waals surface area contributed by atoms with Crippen molar-refractivity contribution >= 4 is 31.7 Å². The fourth-order valence-electron chi connectivity index (χ4n) is 1.78. The van der Waals surface area contributed by atoms with Crippen LogP contribution in [-0.4, -0.2) is 24.4 Å². The van der Waals surface area contributed by atoms with E-state index in [9.17, 15) is 17.6 Å². The van der Waals surface area contributed by atoms with E-state index < -0.39 is 15.9 Å². The molecule has 0 spiro atoms. The maximum atomic E-state index is 13.2. The van der Waals surface area contributed by atoms with Gasteiger partial charge in [0.05, 0.1) is 4.90 Å². The molecule has 2 aromatic rings. The molecule has 5 nitrogen and oxygen atoms in total. The quantitative estimate of drug-likeness (QED) is 0.873. The van der Waals surface area contributed by atoms with Crippen molar-refractivity contribution in [3.63, 3.8) is 0 Å². The summed E-state index contributed by atoms with van der Waals surface area (Å²) in [6.07, 6.45) is 0. The first kappa shape index (κ1) is 16.2. The Morgan fingerprint density at radius 1 is 1.23 bits per heavy atom. The van der Waals surface area contributed by atoms with Crippen LogP contribution in [0.1, 0.15) is 15.9 Å². The highest BCUT2D eigenvalue weighted by Gasteiger charge is 2.14. The average molecular weight is 334 g/mol. The lowest BCUT2D eigenvalue weighted by atomic mass is 10.2. The van der Waals surface area contributed by atoms with E-state index in [1.54, 1.807) is 6.92 Å². The molecule has 8 heteroatoms. The third kappa shape index (κ3) is 3.52. The maximum absolute atomic E-state index is 13.2. The topological polar surface area (TPSA) is 75.6 Å². The number of hydrogen-bond acceptors (Lipinski definition) is 3. The Labute approximate surface area is 130 Å². The number of carbonyl (C=O) groups is 1. The molecule has 0 aliphatic carbocycles. The molecule has 112 valence electrons. The second-order valence-corrected chi connectivity index (χ2v) is 6.66. The number of halogens is 1. The van der Waals surface area contributed by atoms with Crippen molar-refractivity contribution in [3.8, 4) is 0 Å². The van der Waals surface area contributed by atoms with Crippen molar-refractivity contribution < 1.29 is 17.6 Å². The summed E-state index contributed by atoms with van der Waals surface area (Å²) in [4.78, 5) is 12.0. The number of hydrogen-bond donors (Lipinski definition) is 1. The summed E-state index contributed by atoms with van der Waals surface area (Å²) in [7, 11) is -1.24. The molecule has 0 unspecified atom stereocenters. The van der Waals surface area contributed by atoms with E-state index in [-0.39, 0.29) is 16.3 Å². The van der Waals surface area contributed by atoms with Gasteiger partial charge in [0.2, 0.25) is 10.0 Å². The van der Waals surface area contributed by atoms with Crippen LogP contribution in [-0.2, 0) is 10.0 Å². The van der Waals surface area contributed by atoms with Gasteiger partial charge >= 0.3 is 0 Å². The van der Waals surface area contributed by atoms with Crippen LogP contribution in [0.15, 0.2) is 51.4 Å². The third-order valence-corrected chi connectivity index (χ3v) is 4.74. The molecule has 2 radical (unpaired) electrons. The predicted octanol–water partition coefficient (Wildman–Crippen LogP) is 2.43. The summed E-state index contributed by atoms with van der Waals surface area (Å²) in [6.45, 7) is 1.58. The summed E-state index contributed by atoms with van der Waals surface area (Å²) >= 11 is 0. The predicted molar refractivity (Wildman–Crippen MR) is 80.9 cm³/mol. The SMILES string of the molecule is Cc1cc(NC(=O)c2cccc(S(=O)(=O)N=[Si])c2)ccc1F. The molecular formula is C14H11FN2O3SSi. The van der Waals surface area contributed by atoms with Gasteiger partial charge in [-0.25, -0.2) is 16.8 Å². The molecule has 1 amide bonds. The zero-order chi connectivity index (χ0) is 16.3. The van der Waals surface area contributed by atoms with E-state index in [0.29, 0.717) is 11.3 Å². The van der Waals surface area contributed by atoms with Gasteiger partial charge in [-0.15, -0.1) is 0 Å². The first-order chi connectivity index (χ1) is 10.3. The van der Waals surface area contributed by atoms with Crippen LogP contribution in [0.2, 0.25) is 0 Å². The van der Waals surface area contributed by atoms with Gasteiger partial charge in [0, 0.05) is 11.3 Å². The van der Waals surface area contributed by atoms with Crippen molar-refractivity contribution in [3.05, 3.63) is 59.4 Å². The Balaban J connectivity index is 2.28. The van der Waals surface area contributed by atoms with Gasteiger partial charge in [-0.3, -0.25) is 4.79 Å². The number of benzene rings is 2. The minimum absolute atomic E-state index is 0.106. The molecule has 0 bridgehead atoms. The van der Waals surface area contributed by atoms with E-state index in [2.05, 4.69) is 19.4 Å². The monoisotopic (exact) mass is 334 g/mol. The van der Waals surface area contributed by atoms with Crippen LogP contribution in [0, 0.1) is 12.7 Å². The van der Waals surface area contributed by atoms with E-state index in [4.69, 9.17) is 0 Å². The molecule has 0 saturated carbocycles. The van der Waals surface area contributed by atoms with E-state index in [1.165, 1.54) is 42.5 Å². The molecule has 0 aromatic heterocycles. The zero-order valence-corrected chi connectivity index (χ0v) is 13.3. The molecule has 22 heavy (non-hydrogen) atoms. The number of nitrogens with zero attached hydrogens (tertiary/aromatic N) is 1. The lowest BCUT2D eigenvalue weighted by molar-refractivity contribution is 0.102. The second kappa shape index (κ2) is 6.28. The summed E-state index contributed by atoms with van der Waals surface area (Å²) in [5, 5.41) is 2.58. The lowest BCUT2D eigenvalue weighted by Gasteiger charge is -2.07. The van der Waals surface area contributed by atoms with Gasteiger partial charge in [0.25, 0.3) is 15.9 Å². The summed E-state index contributed by atoms with van der Waals surface area (Å²) < 4.78 is 39.5. The largest absolute Gasteiger partial charge is 0.322 e. The minimum atomic E-state index is -3.83. The van der Waals surface area contributed by atoms with Gasteiger partial charge in [0.15, 0.2) is 0 Å². The summed E-state index contributed by atoms with van der Waals surface area (Å²) in [5.41, 5.74) is 0.965. The molecular weight excluding hydrogens is 323 g/mol. The van der Waals surface area contributed by atoms with Crippen molar-refractivity contribution in [1.29, 1.82) is 0 Å². The number of carbonyl (C=O) groups excluding carboxylic acids is 1. The molecule has 0 aliphatic rings. The molecule has 0 heterocycles. The van der Waals surface area contributed by atoms with E-state index in [0.717, 1.165) is 0 Å². The Hall–Kier alpha value is -2.19. The number of nitrogens with one attached hydrogen (secondary N) is 1. The maximum Gasteiger partial charge on any atom is 0.273 e. The van der Waals surface area contributed by atoms with Gasteiger partial charge in [-0.2, -0.15) is 0 Å². The van der Waals surface area contributed by atoms with E-state index in [1.807, 2.05) is 0 Å². The van der Waals surface area contributed by atoms with Crippen molar-refractivity contribution in [2.45, 2.75) is 11.8 Å². The molecule has 0 atom stereocenters. The fraction of sp³-hybridized carbons (Fsp3) is 0.0714. The number of anilines is 1. The van der Waals surface area contributed by atoms with Gasteiger partial charge in [-0.05, 0) is 48.9 Å². The zero-order valence-electron chi connectivity index (χ0n) is 11.5. The Bertz CT molecular complexity index is 853. The standard InChI is InChI=1S/C14H11FN2O3SSi/c1-9-7-11(5-6-13(9)15)16-14(18)10-3-2-4-12(8-10)21(19,20)17-22/h2-8H,1H3,(H,16,18). The number of rotatable bonds is 4. The van der Waals surface area contributed by atoms with Crippen LogP contribution in [0.5, 0.6) is 0 Å². The number of amides is 1. The van der Waals surface area contributed by atoms with Crippen molar-refractivity contribution in [1.82, 2.24) is 0 Å². The van der Waals surface area contributed by atoms with Crippen LogP contribution in [0.3, 0.4) is 0 Å². The second-order valence-electron chi connectivity index (χ2n) is 4.51. The Morgan fingerprint density at radius 2 is 1.95 bits per heavy atom. The summed E-state index contributed by atoms with van der Waals surface area (Å²) in [5.74, 6) is -0.873. The highest BCUT2D eigenvalue weighted by Crippen LogP contribution is 2.17. The molecule has 0 saturated heterocycles. The average Bonchev–Trinajstić information content (AvgIpc) is 2.51. The normalized spacial score (nSPS) is 11.0. The molecule has 0 fully saturated rings. The van der Waals surface area contributed by atoms with Crippen LogP contribution in [0.4, 0.5) is 10.1 Å². The Morgan fingerprint density at radius 3 is 2.59 bits per heavy atom. The van der Waals surface area contributed by atoms with Gasteiger partial charge in [0.1, 0.15) is 5.82 Å². The lowest BCUT2D eigenvalue weighted by Crippen LogP contribution is -2.12. The smallest absolute Gasteiger partial charge is 0.273 e. The first-order valence-electron chi connectivity index (χ1n) is 6.15. The van der Waals surface area contributed by atoms with Crippen LogP contribution >= 0.6 is 0 Å². The molecule has 0 aliphatic heterocycles. The van der Waals surface area contributed by atoms with Crippen LogP contribution in [0.25, 0.3) is 0 Å². The number of sulfonamides is 1. The van der Waals surface area contributed by atoms with Crippen LogP contribution < -0.4 is 5.32 Å². The van der Waals surface area contributed by atoms with Gasteiger partial charge in [-0.1, -0.05) is 6.07 Å². The molecule has 2 rings (SSSR count). The Kier molecular flexibility index (Phi) is 4.62. The molecule has 2 aromatic carbocycles. The first-order valence-corrected chi connectivity index (χ1v) is 8.03. The van der Waals surface area contributed by atoms with Crippen molar-refractivity contribution in [2.75, 3.05) is 5.32 Å². The van der Waals surface area contributed by atoms with E-state index >= 15 is 0 Å².